The van der Waals surface area contributed by atoms with Crippen molar-refractivity contribution in [3.05, 3.63) is 135 Å². The van der Waals surface area contributed by atoms with Crippen LogP contribution >= 0.6 is 11.8 Å². The third kappa shape index (κ3) is 9.00. The summed E-state index contributed by atoms with van der Waals surface area (Å²) in [6.45, 7) is -18.2. The van der Waals surface area contributed by atoms with Gasteiger partial charge in [-0.3, -0.25) is 9.59 Å². The first-order chi connectivity index (χ1) is 37.0. The first-order valence-corrected chi connectivity index (χ1v) is 15.7. The Hall–Kier alpha value is -4.52. The molecule has 1 aliphatic heterocycles. The molecule has 1 aliphatic rings. The number of rotatable bonds is 12. The van der Waals surface area contributed by atoms with E-state index in [1.54, 1.807) is 0 Å². The second-order valence-electron chi connectivity index (χ2n) is 10.5. The number of methoxy groups -OCH3 is 1. The van der Waals surface area contributed by atoms with Crippen LogP contribution in [0.15, 0.2) is 100 Å². The van der Waals surface area contributed by atoms with E-state index in [2.05, 4.69) is 4.74 Å². The average Bonchev–Trinajstić information content (AvgIpc) is 1.22. The number of carbonyl (C=O) groups excluding carboxylic acids is 1. The van der Waals surface area contributed by atoms with Gasteiger partial charge in [-0.05, 0) is 66.1 Å². The zero-order valence-electron chi connectivity index (χ0n) is 55.7. The number of benzene rings is 4. The molecule has 278 valence electrons. The van der Waals surface area contributed by atoms with E-state index in [0.717, 1.165) is 0 Å². The number of fused-ring (bicyclic) bond motifs is 1. The van der Waals surface area contributed by atoms with Crippen LogP contribution < -0.4 is 5.43 Å². The van der Waals surface area contributed by atoms with Crippen molar-refractivity contribution >= 4 is 28.6 Å². The highest BCUT2D eigenvalue weighted by Crippen LogP contribution is 2.34. The second kappa shape index (κ2) is 16.7. The number of alkyl halides is 3. The van der Waals surface area contributed by atoms with E-state index >= 15 is 9.18 Å². The quantitative estimate of drug-likeness (QED) is 0.0938. The summed E-state index contributed by atoms with van der Waals surface area (Å²) in [7, 11) is -3.54. The lowest BCUT2D eigenvalue weighted by atomic mass is 9.98. The molecule has 0 aliphatic carbocycles. The fraction of sp³-hybridized carbons (Fsp3) is 0.317. The van der Waals surface area contributed by atoms with Gasteiger partial charge in [-0.1, -0.05) is 60.4 Å². The molecule has 0 spiro atoms. The Morgan fingerprint density at radius 1 is 1.04 bits per heavy atom. The standard InChI is InChI=1S/C41H40F5N3O3S/c1-27-22-30(14-15-34(27)41(44,45)46)29-12-10-28(11-13-29)24-48(32-16-18-47(19-17-32)20-21-52-2)38(51)25-49-36-9-4-3-7-33(36)37(50)23-39(49)53-26-31-6-5-8-35(42)40(31)43/h3-15,22-23,32H,16-21,24-26H2,1-2H3/i2D3,3D,4D,5D,6D,7D,8D,9D,10D,11D,12D,13D,14D,15D,16D2,17D2,18D2,19D2,20D2,22D,23D,32D. The molecule has 4 aromatic carbocycles. The molecule has 6 rings (SSSR count). The molecule has 53 heavy (non-hydrogen) atoms. The zero-order chi connectivity index (χ0) is 63.1. The number of carbonyl (C=O) groups is 1. The lowest BCUT2D eigenvalue weighted by molar-refractivity contribution is -0.138. The molecule has 0 N–H and O–H groups in total. The van der Waals surface area contributed by atoms with E-state index in [9.17, 15) is 29.2 Å². The van der Waals surface area contributed by atoms with E-state index in [0.29, 0.717) is 11.5 Å². The summed E-state index contributed by atoms with van der Waals surface area (Å²) in [5.74, 6) is -7.21. The number of aromatic nitrogens is 1. The monoisotopic (exact) mass is 778 g/mol. The molecular formula is C41H40F5N3O3S. The van der Waals surface area contributed by atoms with Crippen molar-refractivity contribution in [3.63, 3.8) is 0 Å². The molecule has 0 saturated carbocycles. The van der Waals surface area contributed by atoms with Crippen LogP contribution in [0.25, 0.3) is 22.0 Å². The minimum absolute atomic E-state index is 0.00301. The van der Waals surface area contributed by atoms with Crippen LogP contribution in [0.1, 0.15) is 74.8 Å². The molecular weight excluding hydrogens is 710 g/mol. The van der Waals surface area contributed by atoms with Crippen LogP contribution in [-0.2, 0) is 34.6 Å². The van der Waals surface area contributed by atoms with E-state index in [4.69, 9.17) is 32.9 Å². The minimum atomic E-state index is -5.36. The summed E-state index contributed by atoms with van der Waals surface area (Å²) in [6, 6.07) is -24.8. The summed E-state index contributed by atoms with van der Waals surface area (Å²) in [5, 5.41) is -2.18. The SMILES string of the molecule is [2H]c1c([2H])c(F)c(F)c(CSc2c([2H])c(=O)c3c([2H])c([2H])c([2H])c([2H])c3n2CC(=O)N(Cc2c([2H])c([2H])c(-c3c([2H])c([2H])c(C(F)(F)F)c(C)c3[2H])c([2H])c2[2H])C2([2H])C([2H])([2H])C([2H])([2H])N(C([2H])([2H])COC([2H])([2H])[2H])C([2H])([2H])C2([2H])[2H])c1[2H]. The number of piperidine rings is 1. The van der Waals surface area contributed by atoms with Gasteiger partial charge < -0.3 is 19.1 Å². The number of amides is 1. The van der Waals surface area contributed by atoms with Crippen LogP contribution in [0.5, 0.6) is 0 Å². The van der Waals surface area contributed by atoms with E-state index in [1.807, 2.05) is 0 Å². The maximum absolute atomic E-state index is 15.7. The Bertz CT molecular complexity index is 3480. The van der Waals surface area contributed by atoms with Crippen LogP contribution in [0.2, 0.25) is 0 Å². The van der Waals surface area contributed by atoms with Gasteiger partial charge in [0.2, 0.25) is 5.91 Å². The molecule has 0 unspecified atom stereocenters. The Labute approximate surface area is 349 Å². The number of hydrogen-bond acceptors (Lipinski definition) is 5. The minimum Gasteiger partial charge on any atom is -0.383 e. The third-order valence-corrected chi connectivity index (χ3v) is 8.11. The van der Waals surface area contributed by atoms with Crippen molar-refractivity contribution in [2.24, 2.45) is 0 Å². The Balaban J connectivity index is 1.74. The molecule has 2 heterocycles. The van der Waals surface area contributed by atoms with Crippen molar-refractivity contribution in [2.45, 2.75) is 55.7 Å². The van der Waals surface area contributed by atoms with E-state index in [-0.39, 0.29) is 11.8 Å². The van der Waals surface area contributed by atoms with Gasteiger partial charge in [-0.15, -0.1) is 11.8 Å². The summed E-state index contributed by atoms with van der Waals surface area (Å²) < 4.78 is 328. The van der Waals surface area contributed by atoms with Crippen LogP contribution in [-0.4, -0.2) is 59.4 Å². The summed E-state index contributed by atoms with van der Waals surface area (Å²) >= 11 is -0.00301. The van der Waals surface area contributed by atoms with E-state index < -0.39 is 250 Å². The number of halogens is 5. The molecule has 1 amide bonds. The molecule has 0 radical (unpaired) electrons. The van der Waals surface area contributed by atoms with Crippen molar-refractivity contribution in [1.29, 1.82) is 0 Å². The highest BCUT2D eigenvalue weighted by atomic mass is 32.2. The fourth-order valence-corrected chi connectivity index (χ4v) is 5.58. The number of thioether (sulfide) groups is 1. The largest absolute Gasteiger partial charge is 0.416 e. The van der Waals surface area contributed by atoms with Crippen molar-refractivity contribution < 1.29 is 71.2 Å². The maximum atomic E-state index is 15.7. The molecule has 5 aromatic rings. The van der Waals surface area contributed by atoms with Crippen LogP contribution in [0.4, 0.5) is 22.0 Å². The number of pyridine rings is 1. The highest BCUT2D eigenvalue weighted by molar-refractivity contribution is 7.98. The third-order valence-electron chi connectivity index (χ3n) is 7.08. The number of hydrogen-bond donors (Lipinski definition) is 0. The van der Waals surface area contributed by atoms with Crippen LogP contribution in [0, 0.1) is 18.6 Å². The lowest BCUT2D eigenvalue weighted by Gasteiger charge is -2.39. The number of ether oxygens (including phenoxy) is 1. The predicted molar refractivity (Wildman–Crippen MR) is 198 cm³/mol. The maximum Gasteiger partial charge on any atom is 0.416 e. The smallest absolute Gasteiger partial charge is 0.383 e. The Morgan fingerprint density at radius 2 is 1.77 bits per heavy atom. The first-order valence-electron chi connectivity index (χ1n) is 29.2. The molecule has 1 aromatic heterocycles. The number of para-hydroxylation sites is 1. The van der Waals surface area contributed by atoms with Gasteiger partial charge in [0.15, 0.2) is 17.1 Å². The van der Waals surface area contributed by atoms with Gasteiger partial charge in [-0.2, -0.15) is 13.2 Å². The first kappa shape index (κ1) is 16.1. The molecule has 6 nitrogen and oxygen atoms in total. The van der Waals surface area contributed by atoms with Gasteiger partial charge in [0.25, 0.3) is 0 Å². The van der Waals surface area contributed by atoms with Gasteiger partial charge in [0, 0.05) is 75.5 Å². The van der Waals surface area contributed by atoms with Crippen molar-refractivity contribution in [1.82, 2.24) is 14.4 Å². The van der Waals surface area contributed by atoms with Crippen LogP contribution in [0.3, 0.4) is 0 Å². The summed E-state index contributed by atoms with van der Waals surface area (Å²) in [5.41, 5.74) is -10.2. The highest BCUT2D eigenvalue weighted by Gasteiger charge is 2.32. The van der Waals surface area contributed by atoms with Crippen molar-refractivity contribution in [3.8, 4) is 11.1 Å². The Kier molecular flexibility index (Phi) is 5.05. The van der Waals surface area contributed by atoms with Gasteiger partial charge in [-0.25, -0.2) is 8.78 Å². The van der Waals surface area contributed by atoms with Gasteiger partial charge in [0.1, 0.15) is 6.54 Å². The normalized spacial score (nSPS) is 26.9. The summed E-state index contributed by atoms with van der Waals surface area (Å²) in [6.07, 6.45) is -14.8. The molecule has 0 bridgehead atoms. The molecule has 0 atom stereocenters. The topological polar surface area (TPSA) is 54.8 Å². The lowest BCUT2D eigenvalue weighted by Crippen LogP contribution is -2.48. The molecule has 1 fully saturated rings. The Morgan fingerprint density at radius 3 is 2.51 bits per heavy atom. The fourth-order valence-electron chi connectivity index (χ4n) is 4.62. The summed E-state index contributed by atoms with van der Waals surface area (Å²) in [4.78, 5) is 28.3. The van der Waals surface area contributed by atoms with Crippen molar-refractivity contribution in [2.75, 3.05) is 33.1 Å². The molecule has 12 heteroatoms. The molecule has 1 saturated heterocycles. The van der Waals surface area contributed by atoms with Gasteiger partial charge >= 0.3 is 6.18 Å². The zero-order valence-corrected chi connectivity index (χ0v) is 27.5. The average molecular weight is 779 g/mol. The number of likely N-dealkylation sites (tertiary alicyclic amines) is 1. The second-order valence-corrected chi connectivity index (χ2v) is 11.5. The predicted octanol–water partition coefficient (Wildman–Crippen LogP) is 8.71. The van der Waals surface area contributed by atoms with Gasteiger partial charge in [0.05, 0.1) is 48.8 Å². The van der Waals surface area contributed by atoms with E-state index in [1.165, 1.54) is 0 Å². The number of nitrogens with zero attached hydrogens (tertiary/aromatic N) is 3.